The van der Waals surface area contributed by atoms with E-state index in [0.717, 1.165) is 37.4 Å². The highest BCUT2D eigenvalue weighted by Crippen LogP contribution is 2.23. The molecule has 2 rings (SSSR count). The van der Waals surface area contributed by atoms with Crippen molar-refractivity contribution in [3.05, 3.63) is 24.3 Å². The number of amides is 1. The van der Waals surface area contributed by atoms with E-state index in [4.69, 9.17) is 9.84 Å². The Morgan fingerprint density at radius 1 is 1.26 bits per heavy atom. The predicted molar refractivity (Wildman–Crippen MR) is 91.7 cm³/mol. The van der Waals surface area contributed by atoms with Crippen LogP contribution in [0.2, 0.25) is 0 Å². The van der Waals surface area contributed by atoms with Gasteiger partial charge >= 0.3 is 0 Å². The van der Waals surface area contributed by atoms with Crippen LogP contribution in [0.3, 0.4) is 0 Å². The predicted octanol–water partition coefficient (Wildman–Crippen LogP) is 2.51. The molecular formula is C18H28N2O3. The lowest BCUT2D eigenvalue weighted by molar-refractivity contribution is -0.140. The number of hydrogen-bond acceptors (Lipinski definition) is 4. The van der Waals surface area contributed by atoms with Gasteiger partial charge in [-0.25, -0.2) is 0 Å². The van der Waals surface area contributed by atoms with Crippen LogP contribution < -0.4 is 10.1 Å². The van der Waals surface area contributed by atoms with Crippen LogP contribution in [0.15, 0.2) is 24.3 Å². The lowest BCUT2D eigenvalue weighted by Crippen LogP contribution is -2.46. The molecule has 0 aliphatic carbocycles. The Bertz CT molecular complexity index is 500. The summed E-state index contributed by atoms with van der Waals surface area (Å²) in [7, 11) is 0. The summed E-state index contributed by atoms with van der Waals surface area (Å²) in [5.74, 6) is 0.997. The molecule has 0 bridgehead atoms. The number of ether oxygens (including phenoxy) is 1. The Kier molecular flexibility index (Phi) is 5.88. The second-order valence-electron chi connectivity index (χ2n) is 7.06. The van der Waals surface area contributed by atoms with Crippen LogP contribution in [-0.4, -0.2) is 48.3 Å². The summed E-state index contributed by atoms with van der Waals surface area (Å²) >= 11 is 0. The zero-order chi connectivity index (χ0) is 16.9. The van der Waals surface area contributed by atoms with Gasteiger partial charge in [0.2, 0.25) is 5.91 Å². The third-order valence-corrected chi connectivity index (χ3v) is 4.01. The van der Waals surface area contributed by atoms with Crippen molar-refractivity contribution in [3.8, 4) is 5.75 Å². The first-order chi connectivity index (χ1) is 10.9. The average molecular weight is 320 g/mol. The van der Waals surface area contributed by atoms with Gasteiger partial charge < -0.3 is 20.1 Å². The van der Waals surface area contributed by atoms with E-state index < -0.39 is 0 Å². The molecule has 1 aliphatic heterocycles. The number of aliphatic hydroxyl groups is 1. The van der Waals surface area contributed by atoms with E-state index >= 15 is 0 Å². The highest BCUT2D eigenvalue weighted by molar-refractivity contribution is 5.81. The zero-order valence-corrected chi connectivity index (χ0v) is 14.3. The third-order valence-electron chi connectivity index (χ3n) is 4.01. The Balaban J connectivity index is 1.81. The molecule has 1 aromatic carbocycles. The molecule has 128 valence electrons. The minimum absolute atomic E-state index is 0.0197. The van der Waals surface area contributed by atoms with E-state index in [-0.39, 0.29) is 17.9 Å². The number of anilines is 1. The van der Waals surface area contributed by atoms with Gasteiger partial charge in [-0.2, -0.15) is 0 Å². The Hall–Kier alpha value is -1.75. The van der Waals surface area contributed by atoms with Crippen LogP contribution >= 0.6 is 0 Å². The molecule has 1 amide bonds. The molecule has 0 unspecified atom stereocenters. The third kappa shape index (κ3) is 5.13. The number of carbonyl (C=O) groups excluding carboxylic acids is 1. The van der Waals surface area contributed by atoms with Crippen LogP contribution in [0.1, 0.15) is 33.6 Å². The Morgan fingerprint density at radius 2 is 1.87 bits per heavy atom. The summed E-state index contributed by atoms with van der Waals surface area (Å²) in [5, 5.41) is 12.3. The molecule has 0 saturated carbocycles. The smallest absolute Gasteiger partial charge is 0.227 e. The lowest BCUT2D eigenvalue weighted by atomic mass is 9.93. The molecule has 1 saturated heterocycles. The average Bonchev–Trinajstić information content (AvgIpc) is 2.53. The number of nitrogens with one attached hydrogen (secondary N) is 1. The first-order valence-electron chi connectivity index (χ1n) is 8.30. The summed E-state index contributed by atoms with van der Waals surface area (Å²) in [6.07, 6.45) is 1.93. The maximum Gasteiger partial charge on any atom is 0.227 e. The molecule has 2 N–H and O–H groups in total. The quantitative estimate of drug-likeness (QED) is 0.875. The van der Waals surface area contributed by atoms with Gasteiger partial charge in [0, 0.05) is 30.2 Å². The molecule has 1 heterocycles. The highest BCUT2D eigenvalue weighted by atomic mass is 16.5. The number of likely N-dealkylation sites (tertiary alicyclic amines) is 1. The van der Waals surface area contributed by atoms with Gasteiger partial charge in [-0.3, -0.25) is 4.79 Å². The largest absolute Gasteiger partial charge is 0.491 e. The fourth-order valence-corrected chi connectivity index (χ4v) is 2.75. The molecule has 0 radical (unpaired) electrons. The van der Waals surface area contributed by atoms with E-state index in [9.17, 15) is 4.79 Å². The molecule has 23 heavy (non-hydrogen) atoms. The first kappa shape index (κ1) is 17.6. The van der Waals surface area contributed by atoms with Crippen molar-refractivity contribution in [2.75, 3.05) is 31.6 Å². The number of piperidine rings is 1. The number of benzene rings is 1. The van der Waals surface area contributed by atoms with Gasteiger partial charge in [0.25, 0.3) is 0 Å². The fraction of sp³-hybridized carbons (Fsp3) is 0.611. The lowest BCUT2D eigenvalue weighted by Gasteiger charge is -2.36. The summed E-state index contributed by atoms with van der Waals surface area (Å²) < 4.78 is 5.35. The van der Waals surface area contributed by atoms with Crippen molar-refractivity contribution in [1.29, 1.82) is 0 Å². The van der Waals surface area contributed by atoms with Crippen molar-refractivity contribution < 1.29 is 14.6 Å². The first-order valence-corrected chi connectivity index (χ1v) is 8.30. The van der Waals surface area contributed by atoms with Crippen molar-refractivity contribution >= 4 is 11.6 Å². The van der Waals surface area contributed by atoms with Gasteiger partial charge in [-0.15, -0.1) is 0 Å². The molecule has 0 aromatic heterocycles. The van der Waals surface area contributed by atoms with Crippen LogP contribution in [0.4, 0.5) is 5.69 Å². The van der Waals surface area contributed by atoms with Crippen LogP contribution in [0.5, 0.6) is 5.75 Å². The van der Waals surface area contributed by atoms with Gasteiger partial charge in [-0.05, 0) is 37.1 Å². The summed E-state index contributed by atoms with van der Waals surface area (Å²) in [6, 6.07) is 8.16. The summed E-state index contributed by atoms with van der Waals surface area (Å²) in [4.78, 5) is 14.3. The van der Waals surface area contributed by atoms with Gasteiger partial charge in [-0.1, -0.05) is 20.8 Å². The minimum atomic E-state index is -0.301. The van der Waals surface area contributed by atoms with Crippen molar-refractivity contribution in [2.45, 2.75) is 39.7 Å². The summed E-state index contributed by atoms with van der Waals surface area (Å²) in [6.45, 7) is 7.87. The SMILES string of the molecule is CC(C)(C)C(=O)N1CCC(Nc2ccc(OCCO)cc2)CC1. The number of rotatable bonds is 5. The van der Waals surface area contributed by atoms with Gasteiger partial charge in [0.05, 0.1) is 6.61 Å². The zero-order valence-electron chi connectivity index (χ0n) is 14.3. The number of aliphatic hydroxyl groups excluding tert-OH is 1. The molecule has 1 aromatic rings. The highest BCUT2D eigenvalue weighted by Gasteiger charge is 2.30. The molecule has 5 heteroatoms. The molecule has 5 nitrogen and oxygen atoms in total. The number of hydrogen-bond donors (Lipinski definition) is 2. The standard InChI is InChI=1S/C18H28N2O3/c1-18(2,3)17(22)20-10-8-15(9-11-20)19-14-4-6-16(7-5-14)23-13-12-21/h4-7,15,19,21H,8-13H2,1-3H3. The van der Waals surface area contributed by atoms with Crippen molar-refractivity contribution in [1.82, 2.24) is 4.90 Å². The second-order valence-corrected chi connectivity index (χ2v) is 7.06. The number of nitrogens with zero attached hydrogens (tertiary/aromatic N) is 1. The normalized spacial score (nSPS) is 16.3. The maximum atomic E-state index is 12.3. The van der Waals surface area contributed by atoms with Crippen molar-refractivity contribution in [3.63, 3.8) is 0 Å². The van der Waals surface area contributed by atoms with Crippen molar-refractivity contribution in [2.24, 2.45) is 5.41 Å². The van der Waals surface area contributed by atoms with Crippen LogP contribution in [0, 0.1) is 5.41 Å². The molecule has 0 atom stereocenters. The van der Waals surface area contributed by atoms with Gasteiger partial charge in [0.1, 0.15) is 12.4 Å². The Labute approximate surface area is 138 Å². The van der Waals surface area contributed by atoms with E-state index in [1.165, 1.54) is 0 Å². The summed E-state index contributed by atoms with van der Waals surface area (Å²) in [5.41, 5.74) is 0.756. The van der Waals surface area contributed by atoms with Gasteiger partial charge in [0.15, 0.2) is 0 Å². The molecule has 1 aliphatic rings. The van der Waals surface area contributed by atoms with Crippen LogP contribution in [-0.2, 0) is 4.79 Å². The minimum Gasteiger partial charge on any atom is -0.491 e. The topological polar surface area (TPSA) is 61.8 Å². The van der Waals surface area contributed by atoms with Crippen LogP contribution in [0.25, 0.3) is 0 Å². The maximum absolute atomic E-state index is 12.3. The van der Waals surface area contributed by atoms with E-state index in [0.29, 0.717) is 12.6 Å². The molecule has 0 spiro atoms. The number of carbonyl (C=O) groups is 1. The second kappa shape index (κ2) is 7.68. The molecular weight excluding hydrogens is 292 g/mol. The Morgan fingerprint density at radius 3 is 2.39 bits per heavy atom. The molecule has 1 fully saturated rings. The van der Waals surface area contributed by atoms with E-state index in [1.807, 2.05) is 49.9 Å². The monoisotopic (exact) mass is 320 g/mol. The fourth-order valence-electron chi connectivity index (χ4n) is 2.75. The van der Waals surface area contributed by atoms with E-state index in [1.54, 1.807) is 0 Å². The van der Waals surface area contributed by atoms with E-state index in [2.05, 4.69) is 5.32 Å².